The van der Waals surface area contributed by atoms with E-state index in [1.54, 1.807) is 0 Å². The number of pyridine rings is 1. The zero-order valence-electron chi connectivity index (χ0n) is 13.6. The van der Waals surface area contributed by atoms with E-state index in [4.69, 9.17) is 0 Å². The van der Waals surface area contributed by atoms with Crippen LogP contribution in [-0.2, 0) is 6.54 Å². The van der Waals surface area contributed by atoms with E-state index in [0.717, 1.165) is 17.9 Å². The Morgan fingerprint density at radius 3 is 2.33 bits per heavy atom. The molecular formula is C18H25N3. The van der Waals surface area contributed by atoms with Gasteiger partial charge in [0.25, 0.3) is 0 Å². The maximum Gasteiger partial charge on any atom is 0.0562 e. The highest BCUT2D eigenvalue weighted by molar-refractivity contribution is 5.62. The van der Waals surface area contributed by atoms with E-state index < -0.39 is 0 Å². The summed E-state index contributed by atoms with van der Waals surface area (Å²) in [7, 11) is 2.08. The van der Waals surface area contributed by atoms with E-state index in [0.29, 0.717) is 0 Å². The van der Waals surface area contributed by atoms with Crippen LogP contribution in [-0.4, -0.2) is 17.6 Å². The quantitative estimate of drug-likeness (QED) is 0.917. The minimum atomic E-state index is 0.0978. The Morgan fingerprint density at radius 1 is 1.05 bits per heavy atom. The highest BCUT2D eigenvalue weighted by Gasteiger charge is 2.10. The Hall–Kier alpha value is -1.87. The van der Waals surface area contributed by atoms with Gasteiger partial charge < -0.3 is 10.2 Å². The van der Waals surface area contributed by atoms with Crippen molar-refractivity contribution in [3.8, 4) is 0 Å². The maximum atomic E-state index is 4.44. The number of rotatable bonds is 4. The summed E-state index contributed by atoms with van der Waals surface area (Å²) in [6.07, 6.45) is 1.87. The van der Waals surface area contributed by atoms with Crippen LogP contribution in [0.25, 0.3) is 0 Å². The van der Waals surface area contributed by atoms with Crippen molar-refractivity contribution in [2.45, 2.75) is 39.8 Å². The molecule has 1 aromatic carbocycles. The molecule has 2 rings (SSSR count). The number of nitrogens with zero attached hydrogens (tertiary/aromatic N) is 2. The van der Waals surface area contributed by atoms with E-state index >= 15 is 0 Å². The number of hydrogen-bond acceptors (Lipinski definition) is 3. The second kappa shape index (κ2) is 6.27. The normalized spacial score (nSPS) is 11.5. The third-order valence-corrected chi connectivity index (χ3v) is 3.41. The van der Waals surface area contributed by atoms with Crippen LogP contribution in [0.2, 0.25) is 0 Å². The minimum Gasteiger partial charge on any atom is -0.345 e. The molecule has 2 aromatic rings. The van der Waals surface area contributed by atoms with Gasteiger partial charge in [-0.05, 0) is 52.0 Å². The lowest BCUT2D eigenvalue weighted by molar-refractivity contribution is 0.421. The summed E-state index contributed by atoms with van der Waals surface area (Å²) in [6.45, 7) is 9.37. The van der Waals surface area contributed by atoms with Crippen LogP contribution in [0.4, 0.5) is 11.4 Å². The summed E-state index contributed by atoms with van der Waals surface area (Å²) >= 11 is 0. The molecule has 0 unspecified atom stereocenters. The van der Waals surface area contributed by atoms with Crippen LogP contribution in [0.1, 0.15) is 32.0 Å². The molecule has 3 nitrogen and oxygen atoms in total. The van der Waals surface area contributed by atoms with E-state index in [1.165, 1.54) is 11.3 Å². The fraction of sp³-hybridized carbons (Fsp3) is 0.389. The topological polar surface area (TPSA) is 28.2 Å². The van der Waals surface area contributed by atoms with Crippen molar-refractivity contribution < 1.29 is 0 Å². The molecule has 0 fully saturated rings. The van der Waals surface area contributed by atoms with Crippen LogP contribution >= 0.6 is 0 Å². The second-order valence-electron chi connectivity index (χ2n) is 6.50. The average molecular weight is 283 g/mol. The summed E-state index contributed by atoms with van der Waals surface area (Å²) in [5.41, 5.74) is 4.76. The van der Waals surface area contributed by atoms with Crippen LogP contribution in [0, 0.1) is 6.92 Å². The molecule has 0 aliphatic rings. The van der Waals surface area contributed by atoms with Crippen LogP contribution in [0.5, 0.6) is 0 Å². The molecule has 112 valence electrons. The molecular weight excluding hydrogens is 258 g/mol. The van der Waals surface area contributed by atoms with Gasteiger partial charge in [0.15, 0.2) is 0 Å². The van der Waals surface area contributed by atoms with Crippen molar-refractivity contribution in [3.63, 3.8) is 0 Å². The minimum absolute atomic E-state index is 0.0978. The van der Waals surface area contributed by atoms with Crippen LogP contribution in [0.15, 0.2) is 42.6 Å². The first-order valence-corrected chi connectivity index (χ1v) is 7.35. The molecule has 1 aromatic heterocycles. The molecule has 21 heavy (non-hydrogen) atoms. The van der Waals surface area contributed by atoms with Gasteiger partial charge in [0.2, 0.25) is 0 Å². The van der Waals surface area contributed by atoms with E-state index in [2.05, 4.69) is 80.3 Å². The zero-order chi connectivity index (χ0) is 15.5. The fourth-order valence-corrected chi connectivity index (χ4v) is 2.04. The summed E-state index contributed by atoms with van der Waals surface area (Å²) in [4.78, 5) is 6.63. The lowest BCUT2D eigenvalue weighted by Crippen LogP contribution is -2.35. The molecule has 0 spiro atoms. The maximum absolute atomic E-state index is 4.44. The summed E-state index contributed by atoms with van der Waals surface area (Å²) in [6, 6.07) is 12.7. The van der Waals surface area contributed by atoms with Gasteiger partial charge in [-0.1, -0.05) is 17.7 Å². The van der Waals surface area contributed by atoms with Crippen molar-refractivity contribution in [2.75, 3.05) is 11.9 Å². The molecule has 1 N–H and O–H groups in total. The lowest BCUT2D eigenvalue weighted by atomic mass is 10.1. The number of nitrogens with one attached hydrogen (secondary N) is 1. The molecule has 3 heteroatoms. The van der Waals surface area contributed by atoms with Gasteiger partial charge in [-0.25, -0.2) is 0 Å². The standard InChI is InChI=1S/C18H25N3/c1-14-6-8-16(9-7-14)21(5)17-10-11-19-15(12-17)13-20-18(2,3)4/h6-12,20H,13H2,1-5H3. The van der Waals surface area contributed by atoms with Gasteiger partial charge >= 0.3 is 0 Å². The Balaban J connectivity index is 2.14. The van der Waals surface area contributed by atoms with E-state index in [1.807, 2.05) is 12.3 Å². The van der Waals surface area contributed by atoms with Gasteiger partial charge in [-0.15, -0.1) is 0 Å². The number of aromatic nitrogens is 1. The first kappa shape index (κ1) is 15.5. The molecule has 1 heterocycles. The van der Waals surface area contributed by atoms with Crippen molar-refractivity contribution in [3.05, 3.63) is 53.9 Å². The third-order valence-electron chi connectivity index (χ3n) is 3.41. The SMILES string of the molecule is Cc1ccc(N(C)c2ccnc(CNC(C)(C)C)c2)cc1. The molecule has 0 radical (unpaired) electrons. The molecule has 0 aliphatic carbocycles. The largest absolute Gasteiger partial charge is 0.345 e. The van der Waals surface area contributed by atoms with E-state index in [-0.39, 0.29) is 5.54 Å². The molecule has 0 saturated carbocycles. The van der Waals surface area contributed by atoms with Crippen molar-refractivity contribution >= 4 is 11.4 Å². The zero-order valence-corrected chi connectivity index (χ0v) is 13.6. The highest BCUT2D eigenvalue weighted by Crippen LogP contribution is 2.23. The smallest absolute Gasteiger partial charge is 0.0562 e. The Labute approximate surface area is 128 Å². The summed E-state index contributed by atoms with van der Waals surface area (Å²) in [5.74, 6) is 0. The van der Waals surface area contributed by atoms with Gasteiger partial charge in [-0.3, -0.25) is 4.98 Å². The number of hydrogen-bond donors (Lipinski definition) is 1. The molecule has 0 amide bonds. The predicted octanol–water partition coefficient (Wildman–Crippen LogP) is 4.05. The van der Waals surface area contributed by atoms with Crippen molar-refractivity contribution in [2.24, 2.45) is 0 Å². The summed E-state index contributed by atoms with van der Waals surface area (Å²) < 4.78 is 0. The predicted molar refractivity (Wildman–Crippen MR) is 90.1 cm³/mol. The Morgan fingerprint density at radius 2 is 1.71 bits per heavy atom. The number of aryl methyl sites for hydroxylation is 1. The Kier molecular flexibility index (Phi) is 4.63. The van der Waals surface area contributed by atoms with Crippen LogP contribution in [0.3, 0.4) is 0 Å². The molecule has 0 atom stereocenters. The van der Waals surface area contributed by atoms with Crippen LogP contribution < -0.4 is 10.2 Å². The third kappa shape index (κ3) is 4.57. The van der Waals surface area contributed by atoms with E-state index in [9.17, 15) is 0 Å². The molecule has 0 bridgehead atoms. The van der Waals surface area contributed by atoms with Crippen molar-refractivity contribution in [1.82, 2.24) is 10.3 Å². The first-order chi connectivity index (χ1) is 9.85. The molecule has 0 saturated heterocycles. The van der Waals surface area contributed by atoms with Crippen molar-refractivity contribution in [1.29, 1.82) is 0 Å². The monoisotopic (exact) mass is 283 g/mol. The molecule has 0 aliphatic heterocycles. The second-order valence-corrected chi connectivity index (χ2v) is 6.50. The van der Waals surface area contributed by atoms with Gasteiger partial charge in [0.05, 0.1) is 5.69 Å². The van der Waals surface area contributed by atoms with Gasteiger partial charge in [0, 0.05) is 36.7 Å². The Bertz CT molecular complexity index is 582. The fourth-order valence-electron chi connectivity index (χ4n) is 2.04. The average Bonchev–Trinajstić information content (AvgIpc) is 2.45. The lowest BCUT2D eigenvalue weighted by Gasteiger charge is -2.22. The summed E-state index contributed by atoms with van der Waals surface area (Å²) in [5, 5.41) is 3.47. The highest BCUT2D eigenvalue weighted by atomic mass is 15.1. The number of anilines is 2. The van der Waals surface area contributed by atoms with Gasteiger partial charge in [0.1, 0.15) is 0 Å². The van der Waals surface area contributed by atoms with Gasteiger partial charge in [-0.2, -0.15) is 0 Å². The first-order valence-electron chi connectivity index (χ1n) is 7.35. The number of benzene rings is 1.